The van der Waals surface area contributed by atoms with Crippen molar-refractivity contribution in [2.24, 2.45) is 33.8 Å². The first kappa shape index (κ1) is 80.0. The van der Waals surface area contributed by atoms with Crippen LogP contribution in [0.4, 0.5) is 4.79 Å². The van der Waals surface area contributed by atoms with E-state index in [0.717, 1.165) is 10.8 Å². The van der Waals surface area contributed by atoms with Crippen molar-refractivity contribution in [2.75, 3.05) is 26.2 Å². The van der Waals surface area contributed by atoms with Gasteiger partial charge >= 0.3 is 6.03 Å². The molecule has 0 bridgehead atoms. The normalized spacial score (nSPS) is 15.2. The number of rotatable bonds is 38. The van der Waals surface area contributed by atoms with Gasteiger partial charge in [-0.1, -0.05) is 98.2 Å². The highest BCUT2D eigenvalue weighted by Crippen LogP contribution is 2.22. The summed E-state index contributed by atoms with van der Waals surface area (Å²) in [5, 5.41) is 49.5. The van der Waals surface area contributed by atoms with Crippen LogP contribution in [-0.2, 0) is 78.4 Å². The minimum absolute atomic E-state index is 0.000209. The number of amides is 13. The molecule has 1 aliphatic heterocycles. The van der Waals surface area contributed by atoms with Crippen molar-refractivity contribution >= 4 is 99.3 Å². The quantitative estimate of drug-likeness (QED) is 0.0132. The van der Waals surface area contributed by atoms with E-state index < -0.39 is 138 Å². The number of benzene rings is 4. The fourth-order valence-corrected chi connectivity index (χ4v) is 11.5. The zero-order valence-electron chi connectivity index (χ0n) is 57.2. The number of urea groups is 1. The summed E-state index contributed by atoms with van der Waals surface area (Å²) in [5.41, 5.74) is 23.9. The number of pyridine rings is 1. The first-order valence-corrected chi connectivity index (χ1v) is 33.8. The number of guanidine groups is 1. The number of likely N-dealkylation sites (tertiary alicyclic amines) is 1. The highest BCUT2D eigenvalue weighted by molar-refractivity contribution is 6.30. The van der Waals surface area contributed by atoms with Crippen LogP contribution in [0.5, 0.6) is 5.75 Å². The molecule has 0 spiro atoms. The van der Waals surface area contributed by atoms with Crippen molar-refractivity contribution in [3.63, 3.8) is 0 Å². The predicted molar refractivity (Wildman–Crippen MR) is 378 cm³/mol. The van der Waals surface area contributed by atoms with E-state index in [1.165, 1.54) is 55.4 Å². The molecule has 1 saturated heterocycles. The zero-order valence-corrected chi connectivity index (χ0v) is 58.0. The highest BCUT2D eigenvalue weighted by Gasteiger charge is 2.40. The number of hydrogen-bond acceptors (Lipinski definition) is 16. The van der Waals surface area contributed by atoms with E-state index >= 15 is 0 Å². The van der Waals surface area contributed by atoms with Gasteiger partial charge in [0.2, 0.25) is 65.0 Å². The lowest BCUT2D eigenvalue weighted by Crippen LogP contribution is -2.61. The van der Waals surface area contributed by atoms with Gasteiger partial charge in [0.05, 0.1) is 6.61 Å². The van der Waals surface area contributed by atoms with Gasteiger partial charge < -0.3 is 91.2 Å². The topological polar surface area (TPSA) is 498 Å². The number of carbonyl (C=O) groups is 12. The Balaban J connectivity index is 1.26. The van der Waals surface area contributed by atoms with Gasteiger partial charge in [-0.2, -0.15) is 0 Å². The molecule has 1 aliphatic rings. The molecule has 0 saturated carbocycles. The average molecular weight is 1430 g/mol. The number of aliphatic hydroxyl groups excluding tert-OH is 1. The maximum absolute atomic E-state index is 14.9. The molecule has 20 N–H and O–H groups in total. The Morgan fingerprint density at radius 3 is 1.63 bits per heavy atom. The molecule has 1 fully saturated rings. The summed E-state index contributed by atoms with van der Waals surface area (Å²) in [6, 6.07) is 13.5. The number of carbonyl (C=O) groups excluding carboxylic acids is 12. The van der Waals surface area contributed by atoms with Crippen LogP contribution in [0.2, 0.25) is 5.02 Å². The number of halogens is 1. The van der Waals surface area contributed by atoms with Crippen LogP contribution in [0, 0.1) is 5.92 Å². The first-order chi connectivity index (χ1) is 48.6. The number of hydrogen-bond donors (Lipinski definition) is 16. The molecule has 6 rings (SSSR count). The zero-order chi connectivity index (χ0) is 74.6. The highest BCUT2D eigenvalue weighted by atomic mass is 35.5. The molecule has 2 heterocycles. The number of aliphatic imine (C=N–C) groups is 1. The molecule has 31 nitrogen and oxygen atoms in total. The summed E-state index contributed by atoms with van der Waals surface area (Å²) in [4.78, 5) is 176. The van der Waals surface area contributed by atoms with E-state index in [1.807, 2.05) is 42.5 Å². The Hall–Kier alpha value is -10.9. The number of aromatic hydroxyl groups is 1. The molecule has 13 amide bonds. The lowest BCUT2D eigenvalue weighted by atomic mass is 9.99. The van der Waals surface area contributed by atoms with E-state index in [-0.39, 0.29) is 101 Å². The average Bonchev–Trinajstić information content (AvgIpc) is 1.13. The maximum atomic E-state index is 14.9. The third kappa shape index (κ3) is 26.0. The number of aliphatic hydroxyl groups is 1. The van der Waals surface area contributed by atoms with Gasteiger partial charge in [-0.25, -0.2) is 4.79 Å². The SMILES string of the molecule is CC(=O)N[C@H](Cc1ccc2ccccc2c1)C(=O)N[C@@H](Cc1ccc(Cl)cc1)C(=O)N[C@H](Cc1cccnc1)C(=O)N[C@H](CO)C(=O)N[C@H](Cc1ccc(O)cc1)C(=O)N[C@H](CCCNC(N)=O)C(=O)N[C@@H](CC(C)C)C(=O)N[C@@H](CCCN=C(N)N)C(=O)N1CCC[C@@H]1C(=O)N[C@H](C)C(N)=O. The van der Waals surface area contributed by atoms with Crippen LogP contribution in [-0.4, -0.2) is 184 Å². The number of phenolic OH excluding ortho intramolecular Hbond substituents is 1. The smallest absolute Gasteiger partial charge is 0.312 e. The molecule has 0 aliphatic carbocycles. The molecular weight excluding hydrogens is 1340 g/mol. The third-order valence-corrected chi connectivity index (χ3v) is 16.9. The molecule has 1 aromatic heterocycles. The van der Waals surface area contributed by atoms with Crippen LogP contribution < -0.4 is 76.1 Å². The molecule has 548 valence electrons. The predicted octanol–water partition coefficient (Wildman–Crippen LogP) is -0.716. The summed E-state index contributed by atoms with van der Waals surface area (Å²) in [7, 11) is 0. The minimum atomic E-state index is -1.85. The van der Waals surface area contributed by atoms with Crippen molar-refractivity contribution in [2.45, 2.75) is 159 Å². The fraction of sp³-hybridized carbons (Fsp3) is 0.429. The molecule has 0 radical (unpaired) electrons. The van der Waals surface area contributed by atoms with Gasteiger partial charge in [0.15, 0.2) is 5.96 Å². The molecule has 32 heteroatoms. The molecule has 102 heavy (non-hydrogen) atoms. The molecule has 10 atom stereocenters. The van der Waals surface area contributed by atoms with Crippen molar-refractivity contribution in [1.82, 2.24) is 63.1 Å². The van der Waals surface area contributed by atoms with E-state index in [4.69, 9.17) is 34.5 Å². The summed E-state index contributed by atoms with van der Waals surface area (Å²) in [6.07, 6.45) is 2.70. The maximum Gasteiger partial charge on any atom is 0.312 e. The van der Waals surface area contributed by atoms with Gasteiger partial charge in [-0.05, 0) is 121 Å². The standard InChI is InChI=1S/C70H92ClN17O14/c1-39(2)31-52(61(94)82-51(15-9-28-77-69(73)74)68(101)88-30-10-16-58(88)67(100)79-40(3)59(72)92)83-60(93)50(14-8-29-78-70(75)102)81-63(96)54(34-43-20-25-49(91)26-21-43)86-66(99)57(38-89)87-65(98)56(36-45-11-7-27-76-37-45)85-64(97)55(33-42-18-23-48(71)24-19-42)84-62(95)53(80-41(4)90)35-44-17-22-46-12-5-6-13-47(46)32-44/h5-7,11-13,17-27,32,37,39-40,50-58,89,91H,8-10,14-16,28-31,33-36,38H2,1-4H3,(H2,72,92)(H,79,100)(H,80,90)(H,81,96)(H,82,94)(H,83,93)(H,84,95)(H,85,97)(H,86,99)(H,87,98)(H4,73,74,77)(H3,75,78,102)/t40-,50-,51+,52+,53-,54-,55+,56-,57-,58-/m1/s1. The van der Waals surface area contributed by atoms with Crippen LogP contribution in [0.3, 0.4) is 0 Å². The van der Waals surface area contributed by atoms with E-state index in [0.29, 0.717) is 33.7 Å². The van der Waals surface area contributed by atoms with Crippen molar-refractivity contribution in [1.29, 1.82) is 0 Å². The number of nitrogens with two attached hydrogens (primary N) is 4. The second kappa shape index (κ2) is 39.7. The molecular formula is C70H92ClN17O14. The van der Waals surface area contributed by atoms with E-state index in [1.54, 1.807) is 50.2 Å². The third-order valence-electron chi connectivity index (χ3n) is 16.7. The van der Waals surface area contributed by atoms with Gasteiger partial charge in [0.25, 0.3) is 0 Å². The van der Waals surface area contributed by atoms with Gasteiger partial charge in [-0.15, -0.1) is 0 Å². The minimum Gasteiger partial charge on any atom is -0.508 e. The number of primary amides is 2. The van der Waals surface area contributed by atoms with Crippen LogP contribution in [0.15, 0.2) is 121 Å². The Kier molecular flexibility index (Phi) is 31.2. The van der Waals surface area contributed by atoms with Gasteiger partial charge in [0, 0.05) is 69.7 Å². The second-order valence-corrected chi connectivity index (χ2v) is 25.8. The van der Waals surface area contributed by atoms with Crippen LogP contribution in [0.1, 0.15) is 94.9 Å². The molecule has 0 unspecified atom stereocenters. The lowest BCUT2D eigenvalue weighted by Gasteiger charge is -2.31. The largest absolute Gasteiger partial charge is 0.508 e. The Labute approximate surface area is 595 Å². The summed E-state index contributed by atoms with van der Waals surface area (Å²) < 4.78 is 0. The van der Waals surface area contributed by atoms with Crippen molar-refractivity contribution in [3.05, 3.63) is 143 Å². The Morgan fingerprint density at radius 1 is 0.569 bits per heavy atom. The van der Waals surface area contributed by atoms with Gasteiger partial charge in [-0.3, -0.25) is 62.7 Å². The lowest BCUT2D eigenvalue weighted by molar-refractivity contribution is -0.142. The van der Waals surface area contributed by atoms with Gasteiger partial charge in [0.1, 0.15) is 66.2 Å². The number of aromatic nitrogens is 1. The Bertz CT molecular complexity index is 3770. The summed E-state index contributed by atoms with van der Waals surface area (Å²) in [5.74, 6) is -9.82. The Morgan fingerprint density at radius 2 is 1.07 bits per heavy atom. The summed E-state index contributed by atoms with van der Waals surface area (Å²) >= 11 is 6.23. The first-order valence-electron chi connectivity index (χ1n) is 33.5. The molecule has 4 aromatic carbocycles. The van der Waals surface area contributed by atoms with Crippen LogP contribution in [0.25, 0.3) is 10.8 Å². The molecule has 5 aromatic rings. The second-order valence-electron chi connectivity index (χ2n) is 25.4. The summed E-state index contributed by atoms with van der Waals surface area (Å²) in [6.45, 7) is 5.15. The number of nitrogens with zero attached hydrogens (tertiary/aromatic N) is 3. The van der Waals surface area contributed by atoms with Crippen LogP contribution >= 0.6 is 11.6 Å². The number of nitrogens with one attached hydrogen (secondary N) is 10. The van der Waals surface area contributed by atoms with Crippen molar-refractivity contribution < 1.29 is 67.7 Å². The monoisotopic (exact) mass is 1430 g/mol. The van der Waals surface area contributed by atoms with E-state index in [9.17, 15) is 67.7 Å². The van der Waals surface area contributed by atoms with Crippen molar-refractivity contribution in [3.8, 4) is 5.75 Å². The number of fused-ring (bicyclic) bond motifs is 1. The number of phenols is 1. The van der Waals surface area contributed by atoms with E-state index in [2.05, 4.69) is 63.1 Å². The fourth-order valence-electron chi connectivity index (χ4n) is 11.4.